The van der Waals surface area contributed by atoms with Gasteiger partial charge in [0.05, 0.1) is 5.92 Å². The maximum atomic E-state index is 11.9. The van der Waals surface area contributed by atoms with Gasteiger partial charge in [0.25, 0.3) is 0 Å². The van der Waals surface area contributed by atoms with Crippen molar-refractivity contribution in [1.29, 1.82) is 0 Å². The lowest BCUT2D eigenvalue weighted by Crippen LogP contribution is -2.45. The Labute approximate surface area is 126 Å². The van der Waals surface area contributed by atoms with Gasteiger partial charge in [-0.2, -0.15) is 0 Å². The summed E-state index contributed by atoms with van der Waals surface area (Å²) in [6.07, 6.45) is 7.95. The Morgan fingerprint density at radius 2 is 1.90 bits per heavy atom. The summed E-state index contributed by atoms with van der Waals surface area (Å²) >= 11 is 0. The molecule has 21 heavy (non-hydrogen) atoms. The van der Waals surface area contributed by atoms with E-state index in [0.717, 1.165) is 19.1 Å². The third kappa shape index (κ3) is 3.39. The van der Waals surface area contributed by atoms with Crippen LogP contribution in [0.1, 0.15) is 44.9 Å². The van der Waals surface area contributed by atoms with Crippen molar-refractivity contribution >= 4 is 11.9 Å². The van der Waals surface area contributed by atoms with Crippen LogP contribution in [0.4, 0.5) is 0 Å². The van der Waals surface area contributed by atoms with E-state index in [9.17, 15) is 9.59 Å². The van der Waals surface area contributed by atoms with Gasteiger partial charge in [-0.25, -0.2) is 0 Å². The van der Waals surface area contributed by atoms with E-state index >= 15 is 0 Å². The van der Waals surface area contributed by atoms with E-state index in [1.807, 2.05) is 0 Å². The van der Waals surface area contributed by atoms with Crippen LogP contribution in [0, 0.1) is 11.8 Å². The second kappa shape index (κ2) is 6.34. The summed E-state index contributed by atoms with van der Waals surface area (Å²) in [5.41, 5.74) is 0. The normalized spacial score (nSPS) is 32.0. The van der Waals surface area contributed by atoms with Crippen LogP contribution >= 0.6 is 0 Å². The van der Waals surface area contributed by atoms with E-state index in [0.29, 0.717) is 12.5 Å². The number of carbonyl (C=O) groups is 2. The minimum Gasteiger partial charge on any atom is -0.481 e. The number of carboxylic acids is 1. The third-order valence-electron chi connectivity index (χ3n) is 5.43. The number of aliphatic carboxylic acids is 1. The number of rotatable bonds is 4. The molecule has 3 aliphatic rings. The first-order chi connectivity index (χ1) is 10.1. The van der Waals surface area contributed by atoms with E-state index < -0.39 is 11.9 Å². The van der Waals surface area contributed by atoms with Crippen LogP contribution in [0.5, 0.6) is 0 Å². The van der Waals surface area contributed by atoms with Gasteiger partial charge in [-0.15, -0.1) is 0 Å². The fraction of sp³-hybridized carbons (Fsp3) is 0.875. The second-order valence-electron chi connectivity index (χ2n) is 6.98. The smallest absolute Gasteiger partial charge is 0.308 e. The number of amides is 1. The molecule has 2 saturated heterocycles. The molecule has 2 heterocycles. The Morgan fingerprint density at radius 3 is 2.57 bits per heavy atom. The summed E-state index contributed by atoms with van der Waals surface area (Å²) in [6.45, 7) is 3.46. The van der Waals surface area contributed by atoms with Crippen LogP contribution in [0.3, 0.4) is 0 Å². The molecule has 1 amide bonds. The Bertz CT molecular complexity index is 406. The van der Waals surface area contributed by atoms with E-state index in [2.05, 4.69) is 4.90 Å². The number of nitrogens with zero attached hydrogens (tertiary/aromatic N) is 2. The van der Waals surface area contributed by atoms with Gasteiger partial charge >= 0.3 is 5.97 Å². The zero-order valence-corrected chi connectivity index (χ0v) is 12.7. The van der Waals surface area contributed by atoms with Gasteiger partial charge in [-0.1, -0.05) is 12.8 Å². The molecule has 3 rings (SSSR count). The molecule has 5 nitrogen and oxygen atoms in total. The fourth-order valence-corrected chi connectivity index (χ4v) is 4.27. The molecule has 0 aromatic carbocycles. The Morgan fingerprint density at radius 1 is 1.14 bits per heavy atom. The molecule has 0 bridgehead atoms. The molecular formula is C16H26N2O3. The monoisotopic (exact) mass is 294 g/mol. The minimum atomic E-state index is -0.831. The van der Waals surface area contributed by atoms with E-state index in [-0.39, 0.29) is 12.3 Å². The maximum absolute atomic E-state index is 11.9. The van der Waals surface area contributed by atoms with Crippen molar-refractivity contribution in [2.75, 3.05) is 26.2 Å². The van der Waals surface area contributed by atoms with Gasteiger partial charge in [0.1, 0.15) is 0 Å². The average molecular weight is 294 g/mol. The summed E-state index contributed by atoms with van der Waals surface area (Å²) in [4.78, 5) is 27.4. The first-order valence-corrected chi connectivity index (χ1v) is 8.38. The Hall–Kier alpha value is -1.10. The SMILES string of the molecule is O=C(O)C1CC(=O)N(CC2CCCN(C3CCCC3)C2)C1. The molecule has 0 spiro atoms. The highest BCUT2D eigenvalue weighted by molar-refractivity contribution is 5.86. The Kier molecular flexibility index (Phi) is 4.48. The lowest BCUT2D eigenvalue weighted by Gasteiger charge is -2.38. The van der Waals surface area contributed by atoms with Crippen LogP contribution in [0.2, 0.25) is 0 Å². The molecule has 2 aliphatic heterocycles. The van der Waals surface area contributed by atoms with Crippen LogP contribution in [-0.4, -0.2) is 59.0 Å². The predicted octanol–water partition coefficient (Wildman–Crippen LogP) is 1.57. The Balaban J connectivity index is 1.52. The highest BCUT2D eigenvalue weighted by atomic mass is 16.4. The molecule has 1 N–H and O–H groups in total. The molecule has 0 aromatic heterocycles. The zero-order valence-electron chi connectivity index (χ0n) is 12.7. The van der Waals surface area contributed by atoms with Gasteiger partial charge in [0.15, 0.2) is 0 Å². The standard InChI is InChI=1S/C16H26N2O3/c19-15-8-13(16(20)21)11-18(15)10-12-4-3-7-17(9-12)14-5-1-2-6-14/h12-14H,1-11H2,(H,20,21). The maximum Gasteiger partial charge on any atom is 0.308 e. The molecule has 0 radical (unpaired) electrons. The van der Waals surface area contributed by atoms with Crippen molar-refractivity contribution < 1.29 is 14.7 Å². The van der Waals surface area contributed by atoms with Crippen molar-refractivity contribution in [3.63, 3.8) is 0 Å². The van der Waals surface area contributed by atoms with Crippen LogP contribution in [0.15, 0.2) is 0 Å². The molecule has 118 valence electrons. The van der Waals surface area contributed by atoms with Crippen molar-refractivity contribution in [1.82, 2.24) is 9.80 Å². The molecule has 3 fully saturated rings. The highest BCUT2D eigenvalue weighted by Crippen LogP contribution is 2.29. The number of hydrogen-bond donors (Lipinski definition) is 1. The van der Waals surface area contributed by atoms with Gasteiger partial charge < -0.3 is 14.9 Å². The van der Waals surface area contributed by atoms with Crippen molar-refractivity contribution in [2.45, 2.75) is 51.0 Å². The summed E-state index contributed by atoms with van der Waals surface area (Å²) in [5, 5.41) is 9.05. The third-order valence-corrected chi connectivity index (χ3v) is 5.43. The van der Waals surface area contributed by atoms with Crippen molar-refractivity contribution in [2.24, 2.45) is 11.8 Å². The highest BCUT2D eigenvalue weighted by Gasteiger charge is 2.36. The summed E-state index contributed by atoms with van der Waals surface area (Å²) in [5.74, 6) is -0.773. The van der Waals surface area contributed by atoms with Gasteiger partial charge in [-0.3, -0.25) is 9.59 Å². The van der Waals surface area contributed by atoms with Crippen molar-refractivity contribution in [3.8, 4) is 0 Å². The molecule has 1 saturated carbocycles. The van der Waals surface area contributed by atoms with Crippen LogP contribution in [0.25, 0.3) is 0 Å². The molecule has 1 aliphatic carbocycles. The molecule has 5 heteroatoms. The van der Waals surface area contributed by atoms with Gasteiger partial charge in [0, 0.05) is 32.1 Å². The van der Waals surface area contributed by atoms with E-state index in [4.69, 9.17) is 5.11 Å². The zero-order chi connectivity index (χ0) is 14.8. The number of carboxylic acid groups (broad SMARTS) is 1. The first kappa shape index (κ1) is 14.8. The first-order valence-electron chi connectivity index (χ1n) is 8.38. The average Bonchev–Trinajstić information content (AvgIpc) is 3.10. The number of carbonyl (C=O) groups excluding carboxylic acids is 1. The number of piperidine rings is 1. The van der Waals surface area contributed by atoms with Crippen LogP contribution in [-0.2, 0) is 9.59 Å². The largest absolute Gasteiger partial charge is 0.481 e. The van der Waals surface area contributed by atoms with E-state index in [1.165, 1.54) is 45.1 Å². The summed E-state index contributed by atoms with van der Waals surface area (Å²) in [6, 6.07) is 0.758. The molecule has 0 aromatic rings. The summed E-state index contributed by atoms with van der Waals surface area (Å²) in [7, 11) is 0. The van der Waals surface area contributed by atoms with Crippen LogP contribution < -0.4 is 0 Å². The minimum absolute atomic E-state index is 0.0281. The fourth-order valence-electron chi connectivity index (χ4n) is 4.27. The van der Waals surface area contributed by atoms with Crippen molar-refractivity contribution in [3.05, 3.63) is 0 Å². The molecule has 2 atom stereocenters. The van der Waals surface area contributed by atoms with E-state index in [1.54, 1.807) is 4.90 Å². The lowest BCUT2D eigenvalue weighted by molar-refractivity contribution is -0.141. The predicted molar refractivity (Wildman–Crippen MR) is 78.9 cm³/mol. The molecule has 2 unspecified atom stereocenters. The number of hydrogen-bond acceptors (Lipinski definition) is 3. The lowest BCUT2D eigenvalue weighted by atomic mass is 9.95. The second-order valence-corrected chi connectivity index (χ2v) is 6.98. The van der Waals surface area contributed by atoms with Gasteiger partial charge in [0.2, 0.25) is 5.91 Å². The molecular weight excluding hydrogens is 268 g/mol. The number of likely N-dealkylation sites (tertiary alicyclic amines) is 2. The quantitative estimate of drug-likeness (QED) is 0.855. The topological polar surface area (TPSA) is 60.9 Å². The van der Waals surface area contributed by atoms with Gasteiger partial charge in [-0.05, 0) is 38.1 Å². The summed E-state index contributed by atoms with van der Waals surface area (Å²) < 4.78 is 0.